The topological polar surface area (TPSA) is 218 Å². The van der Waals surface area contributed by atoms with Crippen molar-refractivity contribution in [1.29, 1.82) is 0 Å². The second-order valence-corrected chi connectivity index (χ2v) is 5.32. The van der Waals surface area contributed by atoms with E-state index < -0.39 is 74.3 Å². The SMILES string of the molecule is O=C(O)[C@H](O)[C@@H](O)[C@H](O[C@@H]1O[C@H](CO)[C@H](O)[C@H](O)[C@H]1O)C(O)CO. The number of carboxylic acid groups (broad SMARTS) is 1. The Morgan fingerprint density at radius 2 is 1.62 bits per heavy atom. The van der Waals surface area contributed by atoms with E-state index in [9.17, 15) is 35.4 Å². The normalized spacial score (nSPS) is 35.9. The highest BCUT2D eigenvalue weighted by molar-refractivity contribution is 5.72. The van der Waals surface area contributed by atoms with Gasteiger partial charge in [-0.05, 0) is 0 Å². The van der Waals surface area contributed by atoms with Gasteiger partial charge in [0.25, 0.3) is 0 Å². The summed E-state index contributed by atoms with van der Waals surface area (Å²) in [6.07, 6.45) is -16.9. The Hall–Kier alpha value is -0.930. The van der Waals surface area contributed by atoms with E-state index >= 15 is 0 Å². The summed E-state index contributed by atoms with van der Waals surface area (Å²) in [6, 6.07) is 0. The van der Waals surface area contributed by atoms with Gasteiger partial charge >= 0.3 is 5.97 Å². The molecule has 1 fully saturated rings. The van der Waals surface area contributed by atoms with Gasteiger partial charge in [0.1, 0.15) is 42.7 Å². The number of aliphatic hydroxyl groups excluding tert-OH is 8. The highest BCUT2D eigenvalue weighted by atomic mass is 16.7. The van der Waals surface area contributed by atoms with Crippen molar-refractivity contribution in [1.82, 2.24) is 0 Å². The van der Waals surface area contributed by atoms with E-state index in [1.165, 1.54) is 0 Å². The Morgan fingerprint density at radius 1 is 1.04 bits per heavy atom. The van der Waals surface area contributed by atoms with Gasteiger partial charge in [-0.2, -0.15) is 0 Å². The van der Waals surface area contributed by atoms with Crippen LogP contribution in [0, 0.1) is 0 Å². The van der Waals surface area contributed by atoms with Crippen LogP contribution in [-0.2, 0) is 14.3 Å². The lowest BCUT2D eigenvalue weighted by Gasteiger charge is -2.42. The Balaban J connectivity index is 2.94. The standard InChI is InChI=1S/C12H22O12/c13-1-3(15)10(7(18)8(19)11(21)22)24-12-9(20)6(17)5(16)4(2-14)23-12/h3-10,12-20H,1-2H2,(H,21,22)/t3?,4-,5+,6+,7-,8-,9-,10-,12+/m1/s1. The van der Waals surface area contributed by atoms with E-state index in [2.05, 4.69) is 0 Å². The number of rotatable bonds is 8. The second-order valence-electron chi connectivity index (χ2n) is 5.32. The third-order valence-corrected chi connectivity index (χ3v) is 3.62. The van der Waals surface area contributed by atoms with Gasteiger partial charge in [0, 0.05) is 0 Å². The molecular formula is C12H22O12. The summed E-state index contributed by atoms with van der Waals surface area (Å²) in [6.45, 7) is -1.76. The molecule has 24 heavy (non-hydrogen) atoms. The maximum Gasteiger partial charge on any atom is 0.335 e. The van der Waals surface area contributed by atoms with Crippen LogP contribution in [0.25, 0.3) is 0 Å². The fourth-order valence-electron chi connectivity index (χ4n) is 2.16. The van der Waals surface area contributed by atoms with E-state index in [4.69, 9.17) is 24.8 Å². The van der Waals surface area contributed by atoms with Gasteiger partial charge in [0.2, 0.25) is 0 Å². The van der Waals surface area contributed by atoms with Gasteiger partial charge in [0.15, 0.2) is 12.4 Å². The lowest BCUT2D eigenvalue weighted by atomic mass is 9.98. The van der Waals surface area contributed by atoms with Gasteiger partial charge in [-0.25, -0.2) is 4.79 Å². The van der Waals surface area contributed by atoms with Crippen LogP contribution < -0.4 is 0 Å². The van der Waals surface area contributed by atoms with Crippen LogP contribution in [0.15, 0.2) is 0 Å². The molecule has 1 aliphatic heterocycles. The first-order valence-corrected chi connectivity index (χ1v) is 6.99. The molecule has 1 rings (SSSR count). The first-order chi connectivity index (χ1) is 11.1. The summed E-state index contributed by atoms with van der Waals surface area (Å²) >= 11 is 0. The summed E-state index contributed by atoms with van der Waals surface area (Å²) in [5, 5.41) is 84.5. The molecule has 0 radical (unpaired) electrons. The van der Waals surface area contributed by atoms with E-state index in [1.54, 1.807) is 0 Å². The van der Waals surface area contributed by atoms with Crippen LogP contribution in [0.4, 0.5) is 0 Å². The summed E-state index contributed by atoms with van der Waals surface area (Å²) in [4.78, 5) is 10.7. The Kier molecular flexibility index (Phi) is 7.88. The Bertz CT molecular complexity index is 403. The van der Waals surface area contributed by atoms with Crippen molar-refractivity contribution in [2.45, 2.75) is 55.1 Å². The van der Waals surface area contributed by atoms with Crippen LogP contribution in [-0.4, -0.2) is 120 Å². The van der Waals surface area contributed by atoms with Crippen molar-refractivity contribution in [3.63, 3.8) is 0 Å². The first kappa shape index (κ1) is 21.1. The van der Waals surface area contributed by atoms with Crippen LogP contribution in [0.1, 0.15) is 0 Å². The van der Waals surface area contributed by atoms with Crippen LogP contribution in [0.5, 0.6) is 0 Å². The number of aliphatic hydroxyl groups is 8. The summed E-state index contributed by atoms with van der Waals surface area (Å²) in [5.41, 5.74) is 0. The number of hydrogen-bond acceptors (Lipinski definition) is 11. The molecule has 9 N–H and O–H groups in total. The van der Waals surface area contributed by atoms with Crippen molar-refractivity contribution in [2.24, 2.45) is 0 Å². The first-order valence-electron chi connectivity index (χ1n) is 6.99. The van der Waals surface area contributed by atoms with Crippen LogP contribution in [0.2, 0.25) is 0 Å². The Morgan fingerprint density at radius 3 is 2.08 bits per heavy atom. The quantitative estimate of drug-likeness (QED) is 0.198. The molecule has 1 unspecified atom stereocenters. The van der Waals surface area contributed by atoms with Crippen LogP contribution in [0.3, 0.4) is 0 Å². The molecule has 0 aromatic heterocycles. The van der Waals surface area contributed by atoms with E-state index in [1.807, 2.05) is 0 Å². The zero-order valence-corrected chi connectivity index (χ0v) is 12.4. The predicted molar refractivity (Wildman–Crippen MR) is 71.4 cm³/mol. The van der Waals surface area contributed by atoms with Gasteiger partial charge < -0.3 is 55.4 Å². The van der Waals surface area contributed by atoms with Gasteiger partial charge in [-0.1, -0.05) is 0 Å². The molecule has 1 aliphatic rings. The molecule has 1 saturated heterocycles. The minimum Gasteiger partial charge on any atom is -0.479 e. The van der Waals surface area contributed by atoms with Gasteiger partial charge in [-0.3, -0.25) is 0 Å². The molecular weight excluding hydrogens is 336 g/mol. The minimum absolute atomic E-state index is 0.766. The largest absolute Gasteiger partial charge is 0.479 e. The van der Waals surface area contributed by atoms with E-state index in [-0.39, 0.29) is 0 Å². The minimum atomic E-state index is -2.39. The average Bonchev–Trinajstić information content (AvgIpc) is 2.57. The highest BCUT2D eigenvalue weighted by Gasteiger charge is 2.47. The monoisotopic (exact) mass is 358 g/mol. The molecule has 0 aromatic rings. The molecule has 0 aliphatic carbocycles. The number of carbonyl (C=O) groups is 1. The zero-order chi connectivity index (χ0) is 18.6. The summed E-state index contributed by atoms with van der Waals surface area (Å²) < 4.78 is 9.98. The van der Waals surface area contributed by atoms with Crippen molar-refractivity contribution < 1.29 is 60.2 Å². The molecule has 0 aromatic carbocycles. The molecule has 0 saturated carbocycles. The summed E-state index contributed by atoms with van der Waals surface area (Å²) in [5.74, 6) is -1.84. The molecule has 12 heteroatoms. The number of hydrogen-bond donors (Lipinski definition) is 9. The van der Waals surface area contributed by atoms with Crippen LogP contribution >= 0.6 is 0 Å². The molecule has 9 atom stereocenters. The molecule has 12 nitrogen and oxygen atoms in total. The average molecular weight is 358 g/mol. The molecule has 0 spiro atoms. The zero-order valence-electron chi connectivity index (χ0n) is 12.4. The van der Waals surface area contributed by atoms with Gasteiger partial charge in [-0.15, -0.1) is 0 Å². The third-order valence-electron chi connectivity index (χ3n) is 3.62. The van der Waals surface area contributed by atoms with E-state index in [0.717, 1.165) is 0 Å². The molecule has 1 heterocycles. The molecule has 0 amide bonds. The number of aliphatic carboxylic acids is 1. The van der Waals surface area contributed by atoms with Crippen molar-refractivity contribution in [2.75, 3.05) is 13.2 Å². The smallest absolute Gasteiger partial charge is 0.335 e. The van der Waals surface area contributed by atoms with Crippen molar-refractivity contribution >= 4 is 5.97 Å². The van der Waals surface area contributed by atoms with E-state index in [0.29, 0.717) is 0 Å². The van der Waals surface area contributed by atoms with Gasteiger partial charge in [0.05, 0.1) is 13.2 Å². The number of ether oxygens (including phenoxy) is 2. The lowest BCUT2D eigenvalue weighted by molar-refractivity contribution is -0.326. The molecule has 142 valence electrons. The fraction of sp³-hybridized carbons (Fsp3) is 0.917. The Labute approximate surface area is 135 Å². The maximum absolute atomic E-state index is 10.7. The predicted octanol–water partition coefficient (Wildman–Crippen LogP) is -5.67. The highest BCUT2D eigenvalue weighted by Crippen LogP contribution is 2.24. The summed E-state index contributed by atoms with van der Waals surface area (Å²) in [7, 11) is 0. The van der Waals surface area contributed by atoms with Crippen molar-refractivity contribution in [3.05, 3.63) is 0 Å². The maximum atomic E-state index is 10.7. The number of carboxylic acids is 1. The fourth-order valence-corrected chi connectivity index (χ4v) is 2.16. The molecule has 0 bridgehead atoms. The lowest BCUT2D eigenvalue weighted by Crippen LogP contribution is -2.61. The van der Waals surface area contributed by atoms with Crippen molar-refractivity contribution in [3.8, 4) is 0 Å². The second kappa shape index (κ2) is 8.96. The third kappa shape index (κ3) is 4.58.